The van der Waals surface area contributed by atoms with Gasteiger partial charge in [0.2, 0.25) is 5.88 Å². The van der Waals surface area contributed by atoms with Crippen LogP contribution in [0.4, 0.5) is 5.88 Å². The predicted molar refractivity (Wildman–Crippen MR) is 65.9 cm³/mol. The number of aromatic nitrogens is 1. The van der Waals surface area contributed by atoms with Crippen LogP contribution < -0.4 is 10.5 Å². The Bertz CT molecular complexity index is 532. The van der Waals surface area contributed by atoms with E-state index >= 15 is 0 Å². The first-order valence-corrected chi connectivity index (χ1v) is 5.48. The maximum atomic E-state index is 5.77. The van der Waals surface area contributed by atoms with Gasteiger partial charge in [0.1, 0.15) is 18.1 Å². The number of anilines is 1. The molecule has 1 aromatic heterocycles. The zero-order valence-electron chi connectivity index (χ0n) is 10.3. The fourth-order valence-corrected chi connectivity index (χ4v) is 1.69. The molecule has 1 aromatic carbocycles. The molecule has 0 atom stereocenters. The minimum absolute atomic E-state index is 0.307. The summed E-state index contributed by atoms with van der Waals surface area (Å²) in [6, 6.07) is 5.81. The highest BCUT2D eigenvalue weighted by Gasteiger charge is 2.08. The molecule has 0 saturated carbocycles. The van der Waals surface area contributed by atoms with Crippen molar-refractivity contribution in [3.63, 3.8) is 0 Å². The first-order valence-electron chi connectivity index (χ1n) is 5.48. The van der Waals surface area contributed by atoms with Gasteiger partial charge in [-0.25, -0.2) is 0 Å². The van der Waals surface area contributed by atoms with E-state index in [1.165, 1.54) is 5.56 Å². The Morgan fingerprint density at radius 1 is 1.24 bits per heavy atom. The van der Waals surface area contributed by atoms with Crippen LogP contribution in [0.25, 0.3) is 0 Å². The lowest BCUT2D eigenvalue weighted by atomic mass is 10.1. The first-order chi connectivity index (χ1) is 8.08. The molecule has 0 bridgehead atoms. The van der Waals surface area contributed by atoms with Gasteiger partial charge in [-0.05, 0) is 37.5 Å². The van der Waals surface area contributed by atoms with Gasteiger partial charge >= 0.3 is 0 Å². The van der Waals surface area contributed by atoms with Crippen molar-refractivity contribution in [3.05, 3.63) is 40.6 Å². The van der Waals surface area contributed by atoms with Crippen LogP contribution in [0.1, 0.15) is 22.4 Å². The van der Waals surface area contributed by atoms with E-state index < -0.39 is 0 Å². The second-order valence-corrected chi connectivity index (χ2v) is 4.16. The smallest absolute Gasteiger partial charge is 0.222 e. The van der Waals surface area contributed by atoms with Gasteiger partial charge in [-0.3, -0.25) is 0 Å². The van der Waals surface area contributed by atoms with Gasteiger partial charge in [0.25, 0.3) is 0 Å². The van der Waals surface area contributed by atoms with E-state index in [2.05, 4.69) is 31.1 Å². The molecule has 2 aromatic rings. The van der Waals surface area contributed by atoms with Gasteiger partial charge in [-0.15, -0.1) is 0 Å². The van der Waals surface area contributed by atoms with Crippen LogP contribution in [0.3, 0.4) is 0 Å². The topological polar surface area (TPSA) is 61.3 Å². The average molecular weight is 232 g/mol. The van der Waals surface area contributed by atoms with Crippen molar-refractivity contribution in [2.24, 2.45) is 0 Å². The second-order valence-electron chi connectivity index (χ2n) is 4.16. The van der Waals surface area contributed by atoms with Crippen LogP contribution >= 0.6 is 0 Å². The largest absolute Gasteiger partial charge is 0.487 e. The predicted octanol–water partition coefficient (Wildman–Crippen LogP) is 2.76. The van der Waals surface area contributed by atoms with Crippen LogP contribution in [-0.2, 0) is 6.61 Å². The van der Waals surface area contributed by atoms with E-state index in [4.69, 9.17) is 15.0 Å². The molecule has 0 aliphatic rings. The average Bonchev–Trinajstić information content (AvgIpc) is 2.70. The fraction of sp³-hybridized carbons (Fsp3) is 0.308. The molecule has 17 heavy (non-hydrogen) atoms. The molecule has 2 rings (SSSR count). The molecule has 0 saturated heterocycles. The normalized spacial score (nSPS) is 10.5. The summed E-state index contributed by atoms with van der Waals surface area (Å²) in [5, 5.41) is 3.79. The zero-order valence-corrected chi connectivity index (χ0v) is 10.3. The summed E-state index contributed by atoms with van der Waals surface area (Å²) in [7, 11) is 0. The van der Waals surface area contributed by atoms with E-state index in [1.54, 1.807) is 6.07 Å². The standard InChI is InChI=1S/C13H16N2O2/c1-8-4-5-9(2)13(10(8)3)16-7-11-6-12(14)17-15-11/h4-6H,7,14H2,1-3H3. The van der Waals surface area contributed by atoms with Crippen molar-refractivity contribution >= 4 is 5.88 Å². The highest BCUT2D eigenvalue weighted by Crippen LogP contribution is 2.26. The molecule has 0 amide bonds. The molecule has 4 nitrogen and oxygen atoms in total. The molecular formula is C13H16N2O2. The highest BCUT2D eigenvalue weighted by molar-refractivity contribution is 5.44. The molecular weight excluding hydrogens is 216 g/mol. The minimum atomic E-state index is 0.307. The van der Waals surface area contributed by atoms with Crippen LogP contribution in [0, 0.1) is 20.8 Å². The summed E-state index contributed by atoms with van der Waals surface area (Å²) >= 11 is 0. The summed E-state index contributed by atoms with van der Waals surface area (Å²) in [5.41, 5.74) is 9.63. The highest BCUT2D eigenvalue weighted by atomic mass is 16.5. The third-order valence-electron chi connectivity index (χ3n) is 2.82. The Morgan fingerprint density at radius 3 is 2.59 bits per heavy atom. The lowest BCUT2D eigenvalue weighted by Crippen LogP contribution is -2.00. The summed E-state index contributed by atoms with van der Waals surface area (Å²) in [4.78, 5) is 0. The van der Waals surface area contributed by atoms with Crippen molar-refractivity contribution < 1.29 is 9.26 Å². The van der Waals surface area contributed by atoms with E-state index in [1.807, 2.05) is 6.92 Å². The third kappa shape index (κ3) is 2.41. The quantitative estimate of drug-likeness (QED) is 0.883. The van der Waals surface area contributed by atoms with E-state index in [0.29, 0.717) is 18.2 Å². The van der Waals surface area contributed by atoms with Gasteiger partial charge in [0.15, 0.2) is 0 Å². The number of ether oxygens (including phenoxy) is 1. The molecule has 0 radical (unpaired) electrons. The molecule has 0 unspecified atom stereocenters. The number of nitrogens with zero attached hydrogens (tertiary/aromatic N) is 1. The Hall–Kier alpha value is -1.97. The van der Waals surface area contributed by atoms with Crippen LogP contribution in [0.2, 0.25) is 0 Å². The maximum Gasteiger partial charge on any atom is 0.222 e. The summed E-state index contributed by atoms with van der Waals surface area (Å²) in [5.74, 6) is 1.22. The van der Waals surface area contributed by atoms with Crippen molar-refractivity contribution in [2.45, 2.75) is 27.4 Å². The number of aryl methyl sites for hydroxylation is 2. The van der Waals surface area contributed by atoms with Gasteiger partial charge in [0, 0.05) is 6.07 Å². The minimum Gasteiger partial charge on any atom is -0.487 e. The SMILES string of the molecule is Cc1ccc(C)c(OCc2cc(N)on2)c1C. The maximum absolute atomic E-state index is 5.77. The molecule has 2 N–H and O–H groups in total. The molecule has 90 valence electrons. The molecule has 0 spiro atoms. The van der Waals surface area contributed by atoms with Crippen molar-refractivity contribution in [1.29, 1.82) is 0 Å². The lowest BCUT2D eigenvalue weighted by molar-refractivity contribution is 0.286. The molecule has 1 heterocycles. The number of nitrogens with two attached hydrogens (primary N) is 1. The van der Waals surface area contributed by atoms with Crippen LogP contribution in [0.5, 0.6) is 5.75 Å². The number of hydrogen-bond donors (Lipinski definition) is 1. The fourth-order valence-electron chi connectivity index (χ4n) is 1.69. The Morgan fingerprint density at radius 2 is 1.94 bits per heavy atom. The molecule has 0 aliphatic heterocycles. The van der Waals surface area contributed by atoms with Crippen LogP contribution in [0.15, 0.2) is 22.7 Å². The van der Waals surface area contributed by atoms with E-state index in [0.717, 1.165) is 16.9 Å². The van der Waals surface area contributed by atoms with Gasteiger partial charge in [-0.1, -0.05) is 17.3 Å². The molecule has 0 fully saturated rings. The Balaban J connectivity index is 2.16. The van der Waals surface area contributed by atoms with Crippen molar-refractivity contribution in [2.75, 3.05) is 5.73 Å². The number of rotatable bonds is 3. The van der Waals surface area contributed by atoms with Crippen LogP contribution in [-0.4, -0.2) is 5.16 Å². The summed E-state index contributed by atoms with van der Waals surface area (Å²) in [6.07, 6.45) is 0. The van der Waals surface area contributed by atoms with Gasteiger partial charge in [-0.2, -0.15) is 0 Å². The second kappa shape index (κ2) is 4.49. The van der Waals surface area contributed by atoms with Crippen molar-refractivity contribution in [1.82, 2.24) is 5.16 Å². The monoisotopic (exact) mass is 232 g/mol. The molecule has 4 heteroatoms. The third-order valence-corrected chi connectivity index (χ3v) is 2.82. The Labute approximate surface area is 100 Å². The first kappa shape index (κ1) is 11.5. The van der Waals surface area contributed by atoms with Crippen molar-refractivity contribution in [3.8, 4) is 5.75 Å². The number of hydrogen-bond acceptors (Lipinski definition) is 4. The number of nitrogen functional groups attached to an aromatic ring is 1. The Kier molecular flexibility index (Phi) is 3.04. The number of benzene rings is 1. The van der Waals surface area contributed by atoms with Gasteiger partial charge in [0.05, 0.1) is 0 Å². The summed E-state index contributed by atoms with van der Waals surface area (Å²) < 4.78 is 10.6. The summed E-state index contributed by atoms with van der Waals surface area (Å²) in [6.45, 7) is 6.51. The van der Waals surface area contributed by atoms with E-state index in [9.17, 15) is 0 Å². The van der Waals surface area contributed by atoms with E-state index in [-0.39, 0.29) is 0 Å². The molecule has 0 aliphatic carbocycles. The lowest BCUT2D eigenvalue weighted by Gasteiger charge is -2.12. The zero-order chi connectivity index (χ0) is 12.4. The van der Waals surface area contributed by atoms with Gasteiger partial charge < -0.3 is 15.0 Å².